The molecular formula is C7H8F2N4O3. The average Bonchev–Trinajstić information content (AvgIpc) is 2.61. The van der Waals surface area contributed by atoms with Gasteiger partial charge in [0.1, 0.15) is 12.2 Å². The highest BCUT2D eigenvalue weighted by Gasteiger charge is 2.26. The fraction of sp³-hybridized carbons (Fsp3) is 0.429. The van der Waals surface area contributed by atoms with E-state index in [0.717, 1.165) is 0 Å². The van der Waals surface area contributed by atoms with Crippen molar-refractivity contribution in [3.63, 3.8) is 0 Å². The molecule has 0 radical (unpaired) electrons. The normalized spacial score (nSPS) is 10.5. The first kappa shape index (κ1) is 12.0. The third kappa shape index (κ3) is 2.30. The van der Waals surface area contributed by atoms with E-state index in [-0.39, 0.29) is 0 Å². The van der Waals surface area contributed by atoms with Gasteiger partial charge in [-0.3, -0.25) is 4.79 Å². The van der Waals surface area contributed by atoms with E-state index in [1.165, 1.54) is 7.05 Å². The summed E-state index contributed by atoms with van der Waals surface area (Å²) in [5.41, 5.74) is -1.73. The third-order valence-corrected chi connectivity index (χ3v) is 1.75. The first-order chi connectivity index (χ1) is 7.47. The molecule has 1 aromatic heterocycles. The highest BCUT2D eigenvalue weighted by atomic mass is 19.3. The van der Waals surface area contributed by atoms with Gasteiger partial charge in [0.05, 0.1) is 0 Å². The summed E-state index contributed by atoms with van der Waals surface area (Å²) in [6.45, 7) is -0.504. The topological polar surface area (TPSA) is 97.1 Å². The lowest BCUT2D eigenvalue weighted by atomic mass is 10.3. The standard InChI is InChI=1S/C7H8F2N4O3/c1-10-3(14)2-13-5(6(8)9)4(7(15)16)11-12-13/h6H,2H2,1H3,(H,10,14)(H,15,16). The van der Waals surface area contributed by atoms with Gasteiger partial charge in [0.2, 0.25) is 5.91 Å². The highest BCUT2D eigenvalue weighted by Crippen LogP contribution is 2.21. The summed E-state index contributed by atoms with van der Waals surface area (Å²) in [6, 6.07) is 0. The molecule has 9 heteroatoms. The molecule has 0 aromatic carbocycles. The molecule has 0 spiro atoms. The van der Waals surface area contributed by atoms with Crippen LogP contribution in [-0.4, -0.2) is 39.0 Å². The summed E-state index contributed by atoms with van der Waals surface area (Å²) < 4.78 is 25.6. The average molecular weight is 234 g/mol. The molecule has 1 heterocycles. The molecule has 1 aromatic rings. The van der Waals surface area contributed by atoms with Crippen molar-refractivity contribution in [2.24, 2.45) is 0 Å². The molecule has 0 bridgehead atoms. The van der Waals surface area contributed by atoms with Crippen LogP contribution in [0.25, 0.3) is 0 Å². The van der Waals surface area contributed by atoms with Crippen molar-refractivity contribution in [1.82, 2.24) is 20.3 Å². The summed E-state index contributed by atoms with van der Waals surface area (Å²) in [4.78, 5) is 21.5. The van der Waals surface area contributed by atoms with Gasteiger partial charge in [0, 0.05) is 7.05 Å². The van der Waals surface area contributed by atoms with Crippen molar-refractivity contribution in [2.45, 2.75) is 13.0 Å². The molecule has 1 rings (SSSR count). The number of alkyl halides is 2. The van der Waals surface area contributed by atoms with E-state index in [9.17, 15) is 18.4 Å². The van der Waals surface area contributed by atoms with Crippen LogP contribution in [0.2, 0.25) is 0 Å². The van der Waals surface area contributed by atoms with E-state index in [2.05, 4.69) is 15.6 Å². The van der Waals surface area contributed by atoms with Crippen molar-refractivity contribution in [2.75, 3.05) is 7.05 Å². The molecule has 0 saturated heterocycles. The molecule has 1 amide bonds. The number of likely N-dealkylation sites (N-methyl/N-ethyl adjacent to an activating group) is 1. The maximum absolute atomic E-state index is 12.5. The maximum Gasteiger partial charge on any atom is 0.358 e. The zero-order chi connectivity index (χ0) is 12.3. The summed E-state index contributed by atoms with van der Waals surface area (Å²) in [6.07, 6.45) is -3.06. The van der Waals surface area contributed by atoms with Crippen LogP contribution in [0.15, 0.2) is 0 Å². The van der Waals surface area contributed by atoms with Crippen molar-refractivity contribution in [1.29, 1.82) is 0 Å². The Morgan fingerprint density at radius 3 is 2.62 bits per heavy atom. The Morgan fingerprint density at radius 2 is 2.19 bits per heavy atom. The fourth-order valence-corrected chi connectivity index (χ4v) is 1.02. The van der Waals surface area contributed by atoms with E-state index < -0.39 is 36.2 Å². The molecular weight excluding hydrogens is 226 g/mol. The minimum atomic E-state index is -3.06. The first-order valence-electron chi connectivity index (χ1n) is 4.12. The van der Waals surface area contributed by atoms with Gasteiger partial charge in [0.25, 0.3) is 6.43 Å². The fourth-order valence-electron chi connectivity index (χ4n) is 1.02. The Bertz CT molecular complexity index is 418. The van der Waals surface area contributed by atoms with Crippen LogP contribution >= 0.6 is 0 Å². The number of hydrogen-bond acceptors (Lipinski definition) is 4. The predicted molar refractivity (Wildman–Crippen MR) is 46.0 cm³/mol. The van der Waals surface area contributed by atoms with Crippen LogP contribution in [0.1, 0.15) is 22.6 Å². The summed E-state index contributed by atoms with van der Waals surface area (Å²) in [5.74, 6) is -2.19. The van der Waals surface area contributed by atoms with Crippen LogP contribution in [0.4, 0.5) is 8.78 Å². The number of aromatic carboxylic acids is 1. The minimum absolute atomic E-state index is 0.504. The van der Waals surface area contributed by atoms with Gasteiger partial charge in [-0.15, -0.1) is 5.10 Å². The van der Waals surface area contributed by atoms with Gasteiger partial charge in [-0.05, 0) is 0 Å². The summed E-state index contributed by atoms with van der Waals surface area (Å²) in [5, 5.41) is 17.0. The molecule has 7 nitrogen and oxygen atoms in total. The van der Waals surface area contributed by atoms with Crippen molar-refractivity contribution >= 4 is 11.9 Å². The van der Waals surface area contributed by atoms with Gasteiger partial charge < -0.3 is 10.4 Å². The largest absolute Gasteiger partial charge is 0.476 e. The summed E-state index contributed by atoms with van der Waals surface area (Å²) in [7, 11) is 1.32. The lowest BCUT2D eigenvalue weighted by Crippen LogP contribution is -2.25. The molecule has 2 N–H and O–H groups in total. The van der Waals surface area contributed by atoms with Gasteiger partial charge >= 0.3 is 5.97 Å². The summed E-state index contributed by atoms with van der Waals surface area (Å²) >= 11 is 0. The number of carbonyl (C=O) groups is 2. The highest BCUT2D eigenvalue weighted by molar-refractivity contribution is 5.86. The SMILES string of the molecule is CNC(=O)Cn1nnc(C(=O)O)c1C(F)F. The van der Waals surface area contributed by atoms with Crippen LogP contribution in [0.5, 0.6) is 0 Å². The lowest BCUT2D eigenvalue weighted by molar-refractivity contribution is -0.121. The Morgan fingerprint density at radius 1 is 1.56 bits per heavy atom. The lowest BCUT2D eigenvalue weighted by Gasteiger charge is -2.04. The van der Waals surface area contributed by atoms with Gasteiger partial charge in [0.15, 0.2) is 5.69 Å². The number of rotatable bonds is 4. The van der Waals surface area contributed by atoms with Crippen LogP contribution in [0.3, 0.4) is 0 Å². The van der Waals surface area contributed by atoms with E-state index >= 15 is 0 Å². The Kier molecular flexibility index (Phi) is 3.48. The molecule has 0 saturated carbocycles. The number of amides is 1. The molecule has 0 aliphatic heterocycles. The molecule has 88 valence electrons. The number of carbonyl (C=O) groups excluding carboxylic acids is 1. The quantitative estimate of drug-likeness (QED) is 0.742. The Labute approximate surface area is 88.0 Å². The number of halogens is 2. The van der Waals surface area contributed by atoms with Crippen molar-refractivity contribution in [3.05, 3.63) is 11.4 Å². The zero-order valence-electron chi connectivity index (χ0n) is 8.15. The van der Waals surface area contributed by atoms with Crippen molar-refractivity contribution in [3.8, 4) is 0 Å². The molecule has 0 unspecified atom stereocenters. The van der Waals surface area contributed by atoms with E-state index in [1.54, 1.807) is 0 Å². The zero-order valence-corrected chi connectivity index (χ0v) is 8.15. The maximum atomic E-state index is 12.5. The number of aromatic nitrogens is 3. The first-order valence-corrected chi connectivity index (χ1v) is 4.12. The second kappa shape index (κ2) is 4.64. The number of nitrogens with zero attached hydrogens (tertiary/aromatic N) is 3. The van der Waals surface area contributed by atoms with Gasteiger partial charge in [-0.2, -0.15) is 0 Å². The van der Waals surface area contributed by atoms with E-state index in [4.69, 9.17) is 5.11 Å². The Balaban J connectivity index is 3.10. The van der Waals surface area contributed by atoms with Crippen molar-refractivity contribution < 1.29 is 23.5 Å². The molecule has 0 aliphatic rings. The van der Waals surface area contributed by atoms with Crippen LogP contribution in [0, 0.1) is 0 Å². The number of carboxylic acid groups (broad SMARTS) is 1. The molecule has 16 heavy (non-hydrogen) atoms. The second-order valence-electron chi connectivity index (χ2n) is 2.76. The van der Waals surface area contributed by atoms with Crippen LogP contribution in [-0.2, 0) is 11.3 Å². The van der Waals surface area contributed by atoms with E-state index in [1.807, 2.05) is 0 Å². The monoisotopic (exact) mass is 234 g/mol. The molecule has 0 atom stereocenters. The number of nitrogens with one attached hydrogen (secondary N) is 1. The van der Waals surface area contributed by atoms with E-state index in [0.29, 0.717) is 4.68 Å². The van der Waals surface area contributed by atoms with Crippen LogP contribution < -0.4 is 5.32 Å². The number of carboxylic acids is 1. The molecule has 0 fully saturated rings. The smallest absolute Gasteiger partial charge is 0.358 e. The van der Waals surface area contributed by atoms with Gasteiger partial charge in [-0.1, -0.05) is 5.21 Å². The number of hydrogen-bond donors (Lipinski definition) is 2. The predicted octanol–water partition coefficient (Wildman–Crippen LogP) is -0.340. The Hall–Kier alpha value is -2.06. The third-order valence-electron chi connectivity index (χ3n) is 1.75. The molecule has 0 aliphatic carbocycles. The second-order valence-corrected chi connectivity index (χ2v) is 2.76. The minimum Gasteiger partial charge on any atom is -0.476 e. The van der Waals surface area contributed by atoms with Gasteiger partial charge in [-0.25, -0.2) is 18.3 Å².